The molecular weight excluding hydrogens is 368 g/mol. The lowest BCUT2D eigenvalue weighted by atomic mass is 10.1. The molecule has 0 saturated carbocycles. The molecular formula is C20H28N8O. The van der Waals surface area contributed by atoms with Gasteiger partial charge in [-0.3, -0.25) is 5.10 Å². The number of H-pyrrole nitrogens is 1. The van der Waals surface area contributed by atoms with Crippen LogP contribution in [-0.2, 0) is 4.74 Å². The predicted molar refractivity (Wildman–Crippen MR) is 115 cm³/mol. The lowest BCUT2D eigenvalue weighted by molar-refractivity contribution is 0.141. The summed E-state index contributed by atoms with van der Waals surface area (Å²) >= 11 is 0. The van der Waals surface area contributed by atoms with Crippen molar-refractivity contribution in [3.63, 3.8) is 0 Å². The molecule has 0 bridgehead atoms. The highest BCUT2D eigenvalue weighted by atomic mass is 16.5. The minimum Gasteiger partial charge on any atom is -0.402 e. The van der Waals surface area contributed by atoms with Gasteiger partial charge in [0.15, 0.2) is 5.82 Å². The van der Waals surface area contributed by atoms with Crippen LogP contribution in [0, 0.1) is 5.41 Å². The third-order valence-electron chi connectivity index (χ3n) is 3.76. The van der Waals surface area contributed by atoms with Gasteiger partial charge in [0.05, 0.1) is 12.8 Å². The topological polar surface area (TPSA) is 131 Å². The molecule has 0 amide bonds. The standard InChI is InChI=1S/C20H28N8O/c1-4-29-13-16(3)26-19-11-17(18(12-21)6-5-15(2)22)7-10-25-28(14-23-19)20-8-9-24-27-20/h5-12,14,16,21,26H,4,13,22H2,1-3H3,(H,24,27)/t16-/m1/s1. The van der Waals surface area contributed by atoms with Crippen molar-refractivity contribution in [2.45, 2.75) is 26.8 Å². The molecule has 0 radical (unpaired) electrons. The molecule has 0 saturated heterocycles. The van der Waals surface area contributed by atoms with E-state index in [1.807, 2.05) is 26.0 Å². The molecule has 2 rings (SSSR count). The Balaban J connectivity index is 2.55. The Morgan fingerprint density at radius 1 is 1.38 bits per heavy atom. The first-order valence-electron chi connectivity index (χ1n) is 9.31. The summed E-state index contributed by atoms with van der Waals surface area (Å²) in [4.78, 5) is 4.54. The monoisotopic (exact) mass is 396 g/mol. The fourth-order valence-corrected chi connectivity index (χ4v) is 2.36. The van der Waals surface area contributed by atoms with Crippen molar-refractivity contribution in [2.24, 2.45) is 5.73 Å². The maximum Gasteiger partial charge on any atom is 0.151 e. The molecule has 5 N–H and O–H groups in total. The first-order chi connectivity index (χ1) is 14.0. The van der Waals surface area contributed by atoms with Crippen molar-refractivity contribution < 1.29 is 4.74 Å². The van der Waals surface area contributed by atoms with Crippen molar-refractivity contribution >= 4 is 17.6 Å². The molecule has 9 heteroatoms. The minimum absolute atomic E-state index is 0.0421. The van der Waals surface area contributed by atoms with Gasteiger partial charge in [-0.25, -0.2) is 9.67 Å². The summed E-state index contributed by atoms with van der Waals surface area (Å²) in [5.74, 6) is 1.28. The van der Waals surface area contributed by atoms with Crippen LogP contribution in [-0.4, -0.2) is 50.4 Å². The van der Waals surface area contributed by atoms with E-state index < -0.39 is 0 Å². The number of rotatable bonds is 9. The Kier molecular flexibility index (Phi) is 8.58. The van der Waals surface area contributed by atoms with Crippen molar-refractivity contribution in [2.75, 3.05) is 18.5 Å². The zero-order valence-corrected chi connectivity index (χ0v) is 17.0. The van der Waals surface area contributed by atoms with Gasteiger partial charge in [0.2, 0.25) is 0 Å². The number of nitrogens with zero attached hydrogens (tertiary/aromatic N) is 4. The molecule has 2 aromatic rings. The van der Waals surface area contributed by atoms with Gasteiger partial charge < -0.3 is 21.2 Å². The summed E-state index contributed by atoms with van der Waals surface area (Å²) in [6, 6.07) is 5.50. The maximum absolute atomic E-state index is 7.79. The van der Waals surface area contributed by atoms with E-state index in [9.17, 15) is 0 Å². The normalized spacial score (nSPS) is 12.9. The quantitative estimate of drug-likeness (QED) is 0.381. The highest BCUT2D eigenvalue weighted by Crippen LogP contribution is 2.15. The van der Waals surface area contributed by atoms with Crippen molar-refractivity contribution in [3.8, 4) is 5.82 Å². The van der Waals surface area contributed by atoms with Gasteiger partial charge in [0.1, 0.15) is 12.1 Å². The van der Waals surface area contributed by atoms with Crippen LogP contribution in [0.4, 0.5) is 5.82 Å². The molecule has 29 heavy (non-hydrogen) atoms. The van der Waals surface area contributed by atoms with E-state index in [-0.39, 0.29) is 6.04 Å². The first-order valence-corrected chi connectivity index (χ1v) is 9.31. The number of nitrogens with two attached hydrogens (primary N) is 1. The van der Waals surface area contributed by atoms with E-state index in [4.69, 9.17) is 15.9 Å². The second-order valence-electron chi connectivity index (χ2n) is 6.33. The second-order valence-corrected chi connectivity index (χ2v) is 6.33. The van der Waals surface area contributed by atoms with Crippen LogP contribution in [0.5, 0.6) is 0 Å². The number of anilines is 1. The van der Waals surface area contributed by atoms with Crippen LogP contribution in [0.1, 0.15) is 26.3 Å². The van der Waals surface area contributed by atoms with E-state index in [1.54, 1.807) is 48.5 Å². The fraction of sp³-hybridized carbons (Fsp3) is 0.300. The van der Waals surface area contributed by atoms with Crippen LogP contribution in [0.3, 0.4) is 0 Å². The highest BCUT2D eigenvalue weighted by molar-refractivity contribution is 6.08. The molecule has 0 aliphatic heterocycles. The summed E-state index contributed by atoms with van der Waals surface area (Å²) < 4.78 is 7.06. The summed E-state index contributed by atoms with van der Waals surface area (Å²) in [5.41, 5.74) is 7.81. The van der Waals surface area contributed by atoms with Crippen LogP contribution in [0.15, 0.2) is 54.8 Å². The molecule has 0 fully saturated rings. The molecule has 0 aliphatic carbocycles. The van der Waals surface area contributed by atoms with E-state index in [2.05, 4.69) is 25.6 Å². The third kappa shape index (κ3) is 7.23. The smallest absolute Gasteiger partial charge is 0.151 e. The number of ether oxygens (including phenoxy) is 1. The molecule has 2 heterocycles. The number of aromatic amines is 1. The Bertz CT molecular complexity index is 893. The average Bonchev–Trinajstić information content (AvgIpc) is 3.24. The van der Waals surface area contributed by atoms with Crippen molar-refractivity contribution in [3.05, 3.63) is 60.3 Å². The summed E-state index contributed by atoms with van der Waals surface area (Å²) in [5, 5.41) is 22.3. The van der Waals surface area contributed by atoms with Gasteiger partial charge >= 0.3 is 0 Å². The van der Waals surface area contributed by atoms with E-state index >= 15 is 0 Å². The Morgan fingerprint density at radius 3 is 2.86 bits per heavy atom. The van der Waals surface area contributed by atoms with Crippen LogP contribution in [0.25, 0.3) is 11.4 Å². The van der Waals surface area contributed by atoms with E-state index in [0.29, 0.717) is 36.1 Å². The van der Waals surface area contributed by atoms with Gasteiger partial charge in [-0.15, -0.1) is 0 Å². The molecule has 0 spiro atoms. The average molecular weight is 396 g/mol. The SMILES string of the molecule is CCOC[C@@H](C)Nc1cc(C(C=N)=CC=C(C)N)ccnn(-c2ccn[nH]2)cn1. The number of aromatic nitrogens is 5. The number of hydrogen-bond acceptors (Lipinski definition) is 7. The van der Waals surface area contributed by atoms with Crippen LogP contribution < -0.4 is 11.1 Å². The van der Waals surface area contributed by atoms with E-state index in [0.717, 1.165) is 5.56 Å². The number of allylic oxidation sites excluding steroid dienone is 4. The summed E-state index contributed by atoms with van der Waals surface area (Å²) in [7, 11) is 0. The molecule has 0 aromatic carbocycles. The maximum atomic E-state index is 7.79. The molecule has 0 aliphatic rings. The zero-order valence-electron chi connectivity index (χ0n) is 17.0. The first kappa shape index (κ1) is 21.8. The van der Waals surface area contributed by atoms with E-state index in [1.165, 1.54) is 6.21 Å². The summed E-state index contributed by atoms with van der Waals surface area (Å²) in [6.45, 7) is 6.96. The minimum atomic E-state index is 0.0421. The molecule has 0 unspecified atom stereocenters. The second kappa shape index (κ2) is 11.4. The zero-order chi connectivity index (χ0) is 21.1. The number of hydrogen-bond donors (Lipinski definition) is 4. The number of nitrogens with one attached hydrogen (secondary N) is 3. The lowest BCUT2D eigenvalue weighted by Crippen LogP contribution is -2.22. The van der Waals surface area contributed by atoms with Crippen molar-refractivity contribution in [1.82, 2.24) is 25.0 Å². The Labute approximate surface area is 170 Å². The molecule has 154 valence electrons. The van der Waals surface area contributed by atoms with Gasteiger partial charge in [0.25, 0.3) is 0 Å². The van der Waals surface area contributed by atoms with Gasteiger partial charge in [0, 0.05) is 36.8 Å². The van der Waals surface area contributed by atoms with Crippen LogP contribution >= 0.6 is 0 Å². The van der Waals surface area contributed by atoms with Crippen molar-refractivity contribution in [1.29, 1.82) is 5.41 Å². The van der Waals surface area contributed by atoms with Gasteiger partial charge in [-0.1, -0.05) is 6.08 Å². The Morgan fingerprint density at radius 2 is 2.21 bits per heavy atom. The highest BCUT2D eigenvalue weighted by Gasteiger charge is 2.05. The lowest BCUT2D eigenvalue weighted by Gasteiger charge is -2.14. The fourth-order valence-electron chi connectivity index (χ4n) is 2.36. The van der Waals surface area contributed by atoms with Gasteiger partial charge in [-0.05, 0) is 50.1 Å². The Hall–Kier alpha value is -3.46. The van der Waals surface area contributed by atoms with Gasteiger partial charge in [-0.2, -0.15) is 10.2 Å². The summed E-state index contributed by atoms with van der Waals surface area (Å²) in [6.07, 6.45) is 9.68. The molecule has 1 atom stereocenters. The third-order valence-corrected chi connectivity index (χ3v) is 3.76. The molecule has 2 aromatic heterocycles. The largest absolute Gasteiger partial charge is 0.402 e. The van der Waals surface area contributed by atoms with Crippen LogP contribution in [0.2, 0.25) is 0 Å². The predicted octanol–water partition coefficient (Wildman–Crippen LogP) is 2.85. The molecule has 9 nitrogen and oxygen atoms in total.